The number of hydrogen-bond acceptors (Lipinski definition) is 10. The number of methoxy groups -OCH3 is 2. The Bertz CT molecular complexity index is 1800. The molecule has 2 aliphatic rings. The van der Waals surface area contributed by atoms with Crippen molar-refractivity contribution in [3.63, 3.8) is 0 Å². The maximum Gasteiger partial charge on any atom is 0.270 e. The monoisotopic (exact) mass is 651 g/mol. The summed E-state index contributed by atoms with van der Waals surface area (Å²) in [5.74, 6) is 0.453. The van der Waals surface area contributed by atoms with E-state index in [9.17, 15) is 8.42 Å². The number of nitrogens with zero attached hydrogens (tertiary/aromatic N) is 3. The number of benzene rings is 3. The van der Waals surface area contributed by atoms with E-state index in [2.05, 4.69) is 20.5 Å². The molecule has 13 heteroatoms. The number of halogens is 1. The lowest BCUT2D eigenvalue weighted by Gasteiger charge is -2.34. The van der Waals surface area contributed by atoms with Crippen LogP contribution in [-0.4, -0.2) is 64.6 Å². The van der Waals surface area contributed by atoms with Crippen molar-refractivity contribution in [3.05, 3.63) is 101 Å². The van der Waals surface area contributed by atoms with E-state index in [0.29, 0.717) is 40.1 Å². The van der Waals surface area contributed by atoms with Crippen LogP contribution in [0.25, 0.3) is 0 Å². The second kappa shape index (κ2) is 12.5. The van der Waals surface area contributed by atoms with Crippen molar-refractivity contribution in [2.45, 2.75) is 29.9 Å². The standard InChI is InChI=1S/C32H34ClN5O6S/c1-21(30-35-14-17-44-30)36-32(27-18-22(4-11-29(27)43-3)20-37-15-12-34-13-16-37)26-19-23(33)5-10-28(26)38(31(32)39)45(40,41)25-8-6-24(42-2)7-9-25/h4-11,14,17-19,21,34,36H,12-13,15-16,20H2,1-3H3/t21-,32?/m0/s1. The number of rotatable bonds is 10. The zero-order valence-corrected chi connectivity index (χ0v) is 26.7. The average molecular weight is 652 g/mol. The third-order valence-electron chi connectivity index (χ3n) is 8.22. The maximum atomic E-state index is 15.1. The first kappa shape index (κ1) is 31.1. The Morgan fingerprint density at radius 3 is 2.47 bits per heavy atom. The van der Waals surface area contributed by atoms with Crippen molar-refractivity contribution in [1.29, 1.82) is 0 Å². The van der Waals surface area contributed by atoms with E-state index in [1.54, 1.807) is 25.1 Å². The van der Waals surface area contributed by atoms with Gasteiger partial charge in [-0.1, -0.05) is 17.7 Å². The second-order valence-electron chi connectivity index (χ2n) is 11.0. The fourth-order valence-electron chi connectivity index (χ4n) is 6.04. The Morgan fingerprint density at radius 2 is 1.80 bits per heavy atom. The normalized spacial score (nSPS) is 19.4. The lowest BCUT2D eigenvalue weighted by molar-refractivity contribution is -0.122. The van der Waals surface area contributed by atoms with Crippen molar-refractivity contribution < 1.29 is 27.1 Å². The van der Waals surface area contributed by atoms with Crippen molar-refractivity contribution in [2.24, 2.45) is 0 Å². The van der Waals surface area contributed by atoms with Gasteiger partial charge in [0, 0.05) is 48.9 Å². The Hall–Kier alpha value is -3.94. The minimum atomic E-state index is -4.41. The minimum Gasteiger partial charge on any atom is -0.497 e. The summed E-state index contributed by atoms with van der Waals surface area (Å²) in [6.45, 7) is 5.93. The quantitative estimate of drug-likeness (QED) is 0.259. The molecule has 0 saturated carbocycles. The van der Waals surface area contributed by atoms with Crippen LogP contribution in [0, 0.1) is 0 Å². The van der Waals surface area contributed by atoms with Crippen LogP contribution < -0.4 is 24.4 Å². The van der Waals surface area contributed by atoms with Crippen molar-refractivity contribution in [3.8, 4) is 11.5 Å². The fourth-order valence-corrected chi connectivity index (χ4v) is 7.68. The van der Waals surface area contributed by atoms with Gasteiger partial charge in [0.1, 0.15) is 17.8 Å². The van der Waals surface area contributed by atoms with E-state index in [-0.39, 0.29) is 10.6 Å². The number of carbonyl (C=O) groups excluding carboxylic acids is 1. The highest BCUT2D eigenvalue weighted by atomic mass is 35.5. The van der Waals surface area contributed by atoms with E-state index >= 15 is 4.79 Å². The molecule has 4 aromatic rings. The molecule has 6 rings (SSSR count). The molecular weight excluding hydrogens is 618 g/mol. The molecule has 236 valence electrons. The van der Waals surface area contributed by atoms with E-state index in [0.717, 1.165) is 36.0 Å². The summed E-state index contributed by atoms with van der Waals surface area (Å²) in [7, 11) is -1.40. The van der Waals surface area contributed by atoms with E-state index in [1.165, 1.54) is 50.9 Å². The number of ether oxygens (including phenoxy) is 2. The molecule has 3 heterocycles. The van der Waals surface area contributed by atoms with Crippen LogP contribution in [-0.2, 0) is 26.9 Å². The van der Waals surface area contributed by atoms with Gasteiger partial charge in [-0.2, -0.15) is 0 Å². The molecule has 1 fully saturated rings. The summed E-state index contributed by atoms with van der Waals surface area (Å²) in [4.78, 5) is 21.6. The van der Waals surface area contributed by atoms with Crippen LogP contribution in [0.1, 0.15) is 35.5 Å². The number of aromatic nitrogens is 1. The number of fused-ring (bicyclic) bond motifs is 1. The number of hydrogen-bond donors (Lipinski definition) is 2. The van der Waals surface area contributed by atoms with Crippen LogP contribution in [0.2, 0.25) is 5.02 Å². The van der Waals surface area contributed by atoms with Crippen molar-refractivity contribution in [2.75, 3.05) is 44.7 Å². The van der Waals surface area contributed by atoms with Crippen LogP contribution >= 0.6 is 11.6 Å². The lowest BCUT2D eigenvalue weighted by atomic mass is 9.81. The van der Waals surface area contributed by atoms with Crippen LogP contribution in [0.4, 0.5) is 5.69 Å². The fraction of sp³-hybridized carbons (Fsp3) is 0.312. The highest BCUT2D eigenvalue weighted by Gasteiger charge is 2.58. The summed E-state index contributed by atoms with van der Waals surface area (Å²) in [6.07, 6.45) is 2.95. The number of sulfonamides is 1. The molecule has 0 aliphatic carbocycles. The van der Waals surface area contributed by atoms with Gasteiger partial charge in [0.15, 0.2) is 5.54 Å². The van der Waals surface area contributed by atoms with Gasteiger partial charge in [-0.25, -0.2) is 17.7 Å². The number of nitrogens with one attached hydrogen (secondary N) is 2. The second-order valence-corrected chi connectivity index (χ2v) is 13.2. The predicted octanol–water partition coefficient (Wildman–Crippen LogP) is 4.08. The summed E-state index contributed by atoms with van der Waals surface area (Å²) in [6, 6.07) is 15.7. The lowest BCUT2D eigenvalue weighted by Crippen LogP contribution is -2.53. The molecule has 2 N–H and O–H groups in total. The first-order valence-corrected chi connectivity index (χ1v) is 16.3. The van der Waals surface area contributed by atoms with Gasteiger partial charge >= 0.3 is 0 Å². The number of amides is 1. The molecule has 0 bridgehead atoms. The molecule has 1 aromatic heterocycles. The Balaban J connectivity index is 1.57. The average Bonchev–Trinajstić information content (AvgIpc) is 3.68. The van der Waals surface area contributed by atoms with Gasteiger partial charge in [-0.15, -0.1) is 0 Å². The number of piperazine rings is 1. The maximum absolute atomic E-state index is 15.1. The molecular formula is C32H34ClN5O6S. The van der Waals surface area contributed by atoms with Gasteiger partial charge in [-0.05, 0) is 67.1 Å². The summed E-state index contributed by atoms with van der Waals surface area (Å²) < 4.78 is 46.2. The van der Waals surface area contributed by atoms with Crippen LogP contribution in [0.15, 0.2) is 82.4 Å². The number of carbonyl (C=O) groups is 1. The Kier molecular flexibility index (Phi) is 8.59. The topological polar surface area (TPSA) is 126 Å². The van der Waals surface area contributed by atoms with Crippen molar-refractivity contribution >= 4 is 33.2 Å². The zero-order chi connectivity index (χ0) is 31.8. The molecule has 11 nitrogen and oxygen atoms in total. The van der Waals surface area contributed by atoms with Crippen molar-refractivity contribution in [1.82, 2.24) is 20.5 Å². The first-order chi connectivity index (χ1) is 21.7. The van der Waals surface area contributed by atoms with Gasteiger partial charge in [0.25, 0.3) is 15.9 Å². The van der Waals surface area contributed by atoms with Gasteiger partial charge < -0.3 is 19.2 Å². The summed E-state index contributed by atoms with van der Waals surface area (Å²) in [5, 5.41) is 7.12. The molecule has 3 aromatic carbocycles. The van der Waals surface area contributed by atoms with E-state index in [1.807, 2.05) is 18.2 Å². The first-order valence-electron chi connectivity index (χ1n) is 14.5. The zero-order valence-electron chi connectivity index (χ0n) is 25.1. The smallest absolute Gasteiger partial charge is 0.270 e. The van der Waals surface area contributed by atoms with E-state index < -0.39 is 27.5 Å². The Morgan fingerprint density at radius 1 is 1.04 bits per heavy atom. The molecule has 2 aliphatic heterocycles. The highest BCUT2D eigenvalue weighted by Crippen LogP contribution is 2.51. The SMILES string of the molecule is COc1ccc(S(=O)(=O)N2C(=O)C(N[C@@H](C)c3ncco3)(c3cc(CN4CCNCC4)ccc3OC)c3cc(Cl)ccc32)cc1. The summed E-state index contributed by atoms with van der Waals surface area (Å²) >= 11 is 6.57. The van der Waals surface area contributed by atoms with Gasteiger partial charge in [0.05, 0.1) is 37.0 Å². The molecule has 2 atom stereocenters. The molecule has 1 amide bonds. The largest absolute Gasteiger partial charge is 0.497 e. The molecule has 45 heavy (non-hydrogen) atoms. The predicted molar refractivity (Wildman–Crippen MR) is 169 cm³/mol. The van der Waals surface area contributed by atoms with Gasteiger partial charge in [0.2, 0.25) is 5.89 Å². The van der Waals surface area contributed by atoms with Crippen LogP contribution in [0.5, 0.6) is 11.5 Å². The number of anilines is 1. The Labute approximate surface area is 267 Å². The van der Waals surface area contributed by atoms with Crippen LogP contribution in [0.3, 0.4) is 0 Å². The molecule has 0 spiro atoms. The van der Waals surface area contributed by atoms with Gasteiger partial charge in [-0.3, -0.25) is 15.0 Å². The third-order valence-corrected chi connectivity index (χ3v) is 10.2. The number of oxazole rings is 1. The molecule has 1 saturated heterocycles. The minimum absolute atomic E-state index is 0.0754. The third kappa shape index (κ3) is 5.57. The molecule has 0 radical (unpaired) electrons. The molecule has 1 unspecified atom stereocenters. The summed E-state index contributed by atoms with van der Waals surface area (Å²) in [5.41, 5.74) is 0.135. The van der Waals surface area contributed by atoms with E-state index in [4.69, 9.17) is 25.5 Å². The highest BCUT2D eigenvalue weighted by molar-refractivity contribution is 7.93.